The maximum absolute atomic E-state index is 12.7. The zero-order chi connectivity index (χ0) is 23.3. The van der Waals surface area contributed by atoms with Gasteiger partial charge in [-0.3, -0.25) is 9.59 Å². The topological polar surface area (TPSA) is 134 Å². The minimum Gasteiger partial charge on any atom is -0.461 e. The summed E-state index contributed by atoms with van der Waals surface area (Å²) < 4.78 is 36.4. The predicted molar refractivity (Wildman–Crippen MR) is 114 cm³/mol. The molecule has 0 aliphatic rings. The second kappa shape index (κ2) is 9.43. The number of anilines is 1. The van der Waals surface area contributed by atoms with E-state index in [1.807, 2.05) is 0 Å². The van der Waals surface area contributed by atoms with Crippen LogP contribution in [0.25, 0.3) is 5.69 Å². The Bertz CT molecular complexity index is 1300. The highest BCUT2D eigenvalue weighted by Crippen LogP contribution is 2.23. The largest absolute Gasteiger partial charge is 0.461 e. The Kier molecular flexibility index (Phi) is 6.69. The summed E-state index contributed by atoms with van der Waals surface area (Å²) >= 11 is 0. The van der Waals surface area contributed by atoms with Crippen molar-refractivity contribution in [3.05, 3.63) is 76.7 Å². The van der Waals surface area contributed by atoms with Crippen molar-refractivity contribution < 1.29 is 26.9 Å². The highest BCUT2D eigenvalue weighted by atomic mass is 32.2. The molecule has 0 aliphatic carbocycles. The zero-order valence-corrected chi connectivity index (χ0v) is 18.0. The molecule has 0 aliphatic heterocycles. The van der Waals surface area contributed by atoms with Crippen molar-refractivity contribution in [1.29, 1.82) is 0 Å². The van der Waals surface area contributed by atoms with Crippen molar-refractivity contribution in [3.8, 4) is 11.4 Å². The van der Waals surface area contributed by atoms with Crippen LogP contribution in [-0.4, -0.2) is 36.7 Å². The number of esters is 1. The van der Waals surface area contributed by atoms with Crippen LogP contribution >= 0.6 is 0 Å². The van der Waals surface area contributed by atoms with Crippen molar-refractivity contribution in [3.63, 3.8) is 0 Å². The molecule has 1 heterocycles. The van der Waals surface area contributed by atoms with Gasteiger partial charge >= 0.3 is 16.1 Å². The first-order valence-electron chi connectivity index (χ1n) is 9.40. The molecule has 0 saturated carbocycles. The summed E-state index contributed by atoms with van der Waals surface area (Å²) in [5.74, 6) is -1.84. The van der Waals surface area contributed by atoms with Crippen molar-refractivity contribution in [1.82, 2.24) is 9.78 Å². The molecule has 0 fully saturated rings. The van der Waals surface area contributed by atoms with Crippen molar-refractivity contribution >= 4 is 27.7 Å². The quantitative estimate of drug-likeness (QED) is 0.421. The third-order valence-electron chi connectivity index (χ3n) is 4.03. The molecule has 0 spiro atoms. The van der Waals surface area contributed by atoms with Crippen LogP contribution in [0.1, 0.15) is 24.3 Å². The van der Waals surface area contributed by atoms with Crippen LogP contribution in [0.5, 0.6) is 5.75 Å². The highest BCUT2D eigenvalue weighted by molar-refractivity contribution is 7.87. The molecule has 3 aromatic rings. The molecule has 11 heteroatoms. The van der Waals surface area contributed by atoms with E-state index in [1.54, 1.807) is 37.3 Å². The van der Waals surface area contributed by atoms with Crippen LogP contribution in [0.2, 0.25) is 0 Å². The normalized spacial score (nSPS) is 10.9. The number of nitrogens with zero attached hydrogens (tertiary/aromatic N) is 2. The van der Waals surface area contributed by atoms with Gasteiger partial charge in [0.25, 0.3) is 5.56 Å². The molecule has 32 heavy (non-hydrogen) atoms. The number of hydrogen-bond acceptors (Lipinski definition) is 8. The van der Waals surface area contributed by atoms with Gasteiger partial charge in [0.05, 0.1) is 18.4 Å². The summed E-state index contributed by atoms with van der Waals surface area (Å²) in [6.07, 6.45) is 0. The lowest BCUT2D eigenvalue weighted by Gasteiger charge is -2.12. The van der Waals surface area contributed by atoms with E-state index in [9.17, 15) is 22.8 Å². The molecule has 1 N–H and O–H groups in total. The van der Waals surface area contributed by atoms with Crippen molar-refractivity contribution in [2.24, 2.45) is 0 Å². The van der Waals surface area contributed by atoms with E-state index < -0.39 is 33.1 Å². The van der Waals surface area contributed by atoms with Gasteiger partial charge in [-0.15, -0.1) is 0 Å². The summed E-state index contributed by atoms with van der Waals surface area (Å²) in [6, 6.07) is 14.3. The molecule has 0 unspecified atom stereocenters. The summed E-state index contributed by atoms with van der Waals surface area (Å²) in [5, 5.41) is 6.49. The molecular formula is C21H19N3O7S. The smallest absolute Gasteiger partial charge is 0.362 e. The second-order valence-electron chi connectivity index (χ2n) is 6.41. The first-order valence-corrected chi connectivity index (χ1v) is 10.8. The molecule has 3 rings (SSSR count). The number of carbonyl (C=O) groups excluding carboxylic acids is 2. The summed E-state index contributed by atoms with van der Waals surface area (Å²) in [7, 11) is -4.43. The Hall–Kier alpha value is -3.99. The van der Waals surface area contributed by atoms with Gasteiger partial charge in [-0.2, -0.15) is 18.2 Å². The molecule has 0 saturated heterocycles. The Morgan fingerprint density at radius 2 is 1.72 bits per heavy atom. The lowest BCUT2D eigenvalue weighted by atomic mass is 10.3. The fourth-order valence-electron chi connectivity index (χ4n) is 2.67. The van der Waals surface area contributed by atoms with Gasteiger partial charge in [0.15, 0.2) is 5.75 Å². The highest BCUT2D eigenvalue weighted by Gasteiger charge is 2.25. The van der Waals surface area contributed by atoms with Crippen LogP contribution in [0.15, 0.2) is 70.4 Å². The van der Waals surface area contributed by atoms with Crippen molar-refractivity contribution in [2.45, 2.75) is 18.7 Å². The lowest BCUT2D eigenvalue weighted by molar-refractivity contribution is -0.114. The van der Waals surface area contributed by atoms with Crippen LogP contribution in [0.3, 0.4) is 0 Å². The van der Waals surface area contributed by atoms with Gasteiger partial charge < -0.3 is 14.2 Å². The third kappa shape index (κ3) is 5.19. The Morgan fingerprint density at radius 1 is 1.06 bits per heavy atom. The lowest BCUT2D eigenvalue weighted by Crippen LogP contribution is -2.26. The number of rotatable bonds is 7. The second-order valence-corrected chi connectivity index (χ2v) is 7.95. The van der Waals surface area contributed by atoms with Crippen molar-refractivity contribution in [2.75, 3.05) is 11.9 Å². The molecule has 1 aromatic heterocycles. The predicted octanol–water partition coefficient (Wildman–Crippen LogP) is 2.14. The monoisotopic (exact) mass is 457 g/mol. The van der Waals surface area contributed by atoms with Gasteiger partial charge in [0.1, 0.15) is 4.90 Å². The van der Waals surface area contributed by atoms with Gasteiger partial charge in [-0.1, -0.05) is 18.2 Å². The van der Waals surface area contributed by atoms with Crippen LogP contribution in [0.4, 0.5) is 5.69 Å². The molecule has 166 valence electrons. The zero-order valence-electron chi connectivity index (χ0n) is 17.1. The molecule has 0 bridgehead atoms. The van der Waals surface area contributed by atoms with E-state index in [1.165, 1.54) is 31.2 Å². The Labute approximate surface area is 183 Å². The number of benzene rings is 2. The molecule has 10 nitrogen and oxygen atoms in total. The van der Waals surface area contributed by atoms with E-state index in [0.29, 0.717) is 11.4 Å². The number of ether oxygens (including phenoxy) is 1. The minimum atomic E-state index is -4.43. The molecule has 0 atom stereocenters. The minimum absolute atomic E-state index is 0.00176. The summed E-state index contributed by atoms with van der Waals surface area (Å²) in [5.41, 5.74) is -0.439. The third-order valence-corrected chi connectivity index (χ3v) is 5.28. The van der Waals surface area contributed by atoms with E-state index >= 15 is 0 Å². The van der Waals surface area contributed by atoms with E-state index in [0.717, 1.165) is 10.7 Å². The average molecular weight is 457 g/mol. The first-order chi connectivity index (χ1) is 15.2. The van der Waals surface area contributed by atoms with E-state index in [2.05, 4.69) is 10.4 Å². The summed E-state index contributed by atoms with van der Waals surface area (Å²) in [4.78, 5) is 35.9. The Morgan fingerprint density at radius 3 is 2.31 bits per heavy atom. The first kappa shape index (κ1) is 22.7. The van der Waals surface area contributed by atoms with Gasteiger partial charge in [-0.05, 0) is 43.3 Å². The SMILES string of the molecule is CCOC(=O)c1nn(-c2ccccc2)c(=O)cc1OS(=O)(=O)c1ccc(NC(C)=O)cc1. The number of hydrogen-bond donors (Lipinski definition) is 1. The molecule has 0 radical (unpaired) electrons. The fourth-order valence-corrected chi connectivity index (χ4v) is 3.60. The standard InChI is InChI=1S/C21H19N3O7S/c1-3-30-21(27)20-18(13-19(26)24(23-20)16-7-5-4-6-8-16)31-32(28,29)17-11-9-15(10-12-17)22-14(2)25/h4-13H,3H2,1-2H3,(H,22,25). The fraction of sp³-hybridized carbons (Fsp3) is 0.143. The van der Waals surface area contributed by atoms with Gasteiger partial charge in [0, 0.05) is 12.6 Å². The number of aromatic nitrogens is 2. The summed E-state index contributed by atoms with van der Waals surface area (Å²) in [6.45, 7) is 2.89. The van der Waals surface area contributed by atoms with E-state index in [4.69, 9.17) is 8.92 Å². The van der Waals surface area contributed by atoms with Gasteiger partial charge in [0.2, 0.25) is 11.6 Å². The Balaban J connectivity index is 2.02. The number of carbonyl (C=O) groups is 2. The maximum Gasteiger partial charge on any atom is 0.362 e. The molecule has 2 aromatic carbocycles. The van der Waals surface area contributed by atoms with Crippen LogP contribution in [0, 0.1) is 0 Å². The van der Waals surface area contributed by atoms with E-state index in [-0.39, 0.29) is 17.4 Å². The number of para-hydroxylation sites is 1. The number of amides is 1. The maximum atomic E-state index is 12.7. The van der Waals surface area contributed by atoms with Crippen LogP contribution in [-0.2, 0) is 19.6 Å². The molecule has 1 amide bonds. The van der Waals surface area contributed by atoms with Crippen LogP contribution < -0.4 is 15.1 Å². The number of nitrogens with one attached hydrogen (secondary N) is 1. The van der Waals surface area contributed by atoms with Gasteiger partial charge in [-0.25, -0.2) is 4.79 Å². The molecular weight excluding hydrogens is 438 g/mol. The average Bonchev–Trinajstić information content (AvgIpc) is 2.74.